The van der Waals surface area contributed by atoms with Crippen LogP contribution in [0.3, 0.4) is 0 Å². The first kappa shape index (κ1) is 21.8. The maximum Gasteiger partial charge on any atom is 0.337 e. The van der Waals surface area contributed by atoms with Crippen LogP contribution < -0.4 is 4.74 Å². The number of methoxy groups -OCH3 is 2. The SMILES string of the molecule is COC(=O)c1ccc(/C=C(/c2ccc(OC)cc2)N(Cc2ccccc2)C(C)=O)cc1. The van der Waals surface area contributed by atoms with Crippen LogP contribution in [0.15, 0.2) is 78.9 Å². The van der Waals surface area contributed by atoms with Gasteiger partial charge in [0, 0.05) is 6.92 Å². The quantitative estimate of drug-likeness (QED) is 0.401. The molecule has 3 aromatic rings. The second-order valence-corrected chi connectivity index (χ2v) is 6.96. The molecule has 0 unspecified atom stereocenters. The third kappa shape index (κ3) is 5.60. The number of rotatable bonds is 7. The first-order valence-electron chi connectivity index (χ1n) is 9.88. The van der Waals surface area contributed by atoms with E-state index < -0.39 is 0 Å². The van der Waals surface area contributed by atoms with Gasteiger partial charge < -0.3 is 14.4 Å². The molecule has 5 nitrogen and oxygen atoms in total. The van der Waals surface area contributed by atoms with Gasteiger partial charge in [-0.3, -0.25) is 4.79 Å². The average molecular weight is 415 g/mol. The fraction of sp³-hybridized carbons (Fsp3) is 0.154. The van der Waals surface area contributed by atoms with Gasteiger partial charge in [0.25, 0.3) is 0 Å². The predicted octanol–water partition coefficient (Wildman–Crippen LogP) is 5.03. The van der Waals surface area contributed by atoms with Crippen molar-refractivity contribution in [3.05, 3.63) is 101 Å². The number of hydrogen-bond donors (Lipinski definition) is 0. The van der Waals surface area contributed by atoms with E-state index in [4.69, 9.17) is 9.47 Å². The molecule has 0 bridgehead atoms. The van der Waals surface area contributed by atoms with E-state index in [9.17, 15) is 9.59 Å². The molecule has 0 fully saturated rings. The van der Waals surface area contributed by atoms with E-state index >= 15 is 0 Å². The zero-order valence-electron chi connectivity index (χ0n) is 17.9. The van der Waals surface area contributed by atoms with Gasteiger partial charge in [0.2, 0.25) is 5.91 Å². The van der Waals surface area contributed by atoms with Crippen LogP contribution in [0.5, 0.6) is 5.75 Å². The summed E-state index contributed by atoms with van der Waals surface area (Å²) in [7, 11) is 2.97. The smallest absolute Gasteiger partial charge is 0.337 e. The van der Waals surface area contributed by atoms with Gasteiger partial charge in [-0.2, -0.15) is 0 Å². The summed E-state index contributed by atoms with van der Waals surface area (Å²) in [5.41, 5.74) is 3.99. The summed E-state index contributed by atoms with van der Waals surface area (Å²) in [6.45, 7) is 1.99. The Morgan fingerprint density at radius 3 is 2.00 bits per heavy atom. The largest absolute Gasteiger partial charge is 0.497 e. The highest BCUT2D eigenvalue weighted by atomic mass is 16.5. The Balaban J connectivity index is 2.05. The van der Waals surface area contributed by atoms with Crippen molar-refractivity contribution < 1.29 is 19.1 Å². The molecule has 3 aromatic carbocycles. The molecule has 0 spiro atoms. The van der Waals surface area contributed by atoms with E-state index in [-0.39, 0.29) is 11.9 Å². The van der Waals surface area contributed by atoms with Gasteiger partial charge in [-0.25, -0.2) is 4.79 Å². The van der Waals surface area contributed by atoms with E-state index in [0.717, 1.165) is 28.1 Å². The second-order valence-electron chi connectivity index (χ2n) is 6.96. The van der Waals surface area contributed by atoms with Crippen molar-refractivity contribution in [2.75, 3.05) is 14.2 Å². The van der Waals surface area contributed by atoms with Crippen LogP contribution in [0, 0.1) is 0 Å². The monoisotopic (exact) mass is 415 g/mol. The van der Waals surface area contributed by atoms with Crippen LogP contribution in [0.4, 0.5) is 0 Å². The van der Waals surface area contributed by atoms with Crippen LogP contribution in [-0.2, 0) is 16.1 Å². The minimum absolute atomic E-state index is 0.0721. The molecule has 3 rings (SSSR count). The number of carbonyl (C=O) groups excluding carboxylic acids is 2. The molecular formula is C26H25NO4. The first-order chi connectivity index (χ1) is 15.0. The summed E-state index contributed by atoms with van der Waals surface area (Å²) in [5.74, 6) is 0.278. The van der Waals surface area contributed by atoms with Crippen LogP contribution in [0.2, 0.25) is 0 Å². The summed E-state index contributed by atoms with van der Waals surface area (Å²) in [4.78, 5) is 26.1. The number of carbonyl (C=O) groups is 2. The summed E-state index contributed by atoms with van der Waals surface area (Å²) < 4.78 is 10.0. The van der Waals surface area contributed by atoms with Crippen LogP contribution in [0.25, 0.3) is 11.8 Å². The van der Waals surface area contributed by atoms with Gasteiger partial charge in [0.1, 0.15) is 5.75 Å². The van der Waals surface area contributed by atoms with Crippen LogP contribution >= 0.6 is 0 Å². The maximum absolute atomic E-state index is 12.7. The predicted molar refractivity (Wildman–Crippen MR) is 121 cm³/mol. The summed E-state index contributed by atoms with van der Waals surface area (Å²) >= 11 is 0. The number of ether oxygens (including phenoxy) is 2. The Bertz CT molecular complexity index is 1050. The lowest BCUT2D eigenvalue weighted by Crippen LogP contribution is -2.26. The van der Waals surface area contributed by atoms with Crippen molar-refractivity contribution in [2.45, 2.75) is 13.5 Å². The van der Waals surface area contributed by atoms with Crippen molar-refractivity contribution in [1.29, 1.82) is 0 Å². The molecule has 0 aliphatic rings. The Hall–Kier alpha value is -3.86. The van der Waals surface area contributed by atoms with Crippen molar-refractivity contribution in [2.24, 2.45) is 0 Å². The van der Waals surface area contributed by atoms with Gasteiger partial charge in [-0.1, -0.05) is 42.5 Å². The van der Waals surface area contributed by atoms with Gasteiger partial charge in [0.15, 0.2) is 0 Å². The zero-order chi connectivity index (χ0) is 22.2. The summed E-state index contributed by atoms with van der Waals surface area (Å²) in [5, 5.41) is 0. The van der Waals surface area contributed by atoms with E-state index in [0.29, 0.717) is 12.1 Å². The molecule has 5 heteroatoms. The van der Waals surface area contributed by atoms with Crippen LogP contribution in [-0.4, -0.2) is 31.0 Å². The summed E-state index contributed by atoms with van der Waals surface area (Å²) in [6.07, 6.45) is 1.94. The van der Waals surface area contributed by atoms with Gasteiger partial charge >= 0.3 is 5.97 Å². The van der Waals surface area contributed by atoms with Gasteiger partial charge in [-0.05, 0) is 59.2 Å². The van der Waals surface area contributed by atoms with E-state index in [2.05, 4.69) is 0 Å². The van der Waals surface area contributed by atoms with Crippen molar-refractivity contribution in [1.82, 2.24) is 4.90 Å². The molecule has 0 heterocycles. The lowest BCUT2D eigenvalue weighted by Gasteiger charge is -2.25. The highest BCUT2D eigenvalue weighted by Gasteiger charge is 2.17. The average Bonchev–Trinajstić information content (AvgIpc) is 2.82. The molecule has 0 atom stereocenters. The highest BCUT2D eigenvalue weighted by Crippen LogP contribution is 2.27. The standard InChI is InChI=1S/C26H25NO4/c1-19(28)27(18-21-7-5-4-6-8-21)25(22-13-15-24(30-2)16-14-22)17-20-9-11-23(12-10-20)26(29)31-3/h4-17H,18H2,1-3H3/b25-17-. The van der Waals surface area contributed by atoms with E-state index in [1.54, 1.807) is 31.1 Å². The Morgan fingerprint density at radius 2 is 1.45 bits per heavy atom. The maximum atomic E-state index is 12.7. The van der Waals surface area contributed by atoms with Crippen molar-refractivity contribution in [3.8, 4) is 5.75 Å². The molecule has 0 aromatic heterocycles. The van der Waals surface area contributed by atoms with E-state index in [1.807, 2.05) is 72.8 Å². The Morgan fingerprint density at radius 1 is 0.839 bits per heavy atom. The molecule has 31 heavy (non-hydrogen) atoms. The number of benzene rings is 3. The fourth-order valence-corrected chi connectivity index (χ4v) is 3.20. The Kier molecular flexibility index (Phi) is 7.22. The lowest BCUT2D eigenvalue weighted by atomic mass is 10.0. The molecule has 0 aliphatic heterocycles. The third-order valence-corrected chi connectivity index (χ3v) is 4.88. The number of nitrogens with zero attached hydrogens (tertiary/aromatic N) is 1. The minimum atomic E-state index is -0.389. The molecule has 0 saturated carbocycles. The van der Waals surface area contributed by atoms with Gasteiger partial charge in [0.05, 0.1) is 32.0 Å². The molecule has 158 valence electrons. The van der Waals surface area contributed by atoms with E-state index in [1.165, 1.54) is 7.11 Å². The summed E-state index contributed by atoms with van der Waals surface area (Å²) in [6, 6.07) is 24.5. The van der Waals surface area contributed by atoms with Crippen molar-refractivity contribution in [3.63, 3.8) is 0 Å². The molecule has 1 amide bonds. The second kappa shape index (κ2) is 10.3. The third-order valence-electron chi connectivity index (χ3n) is 4.88. The normalized spacial score (nSPS) is 11.0. The first-order valence-corrected chi connectivity index (χ1v) is 9.88. The minimum Gasteiger partial charge on any atom is -0.497 e. The molecule has 0 N–H and O–H groups in total. The number of hydrogen-bond acceptors (Lipinski definition) is 4. The molecule has 0 radical (unpaired) electrons. The topological polar surface area (TPSA) is 55.8 Å². The van der Waals surface area contributed by atoms with Crippen molar-refractivity contribution >= 4 is 23.6 Å². The molecule has 0 saturated heterocycles. The molecule has 0 aliphatic carbocycles. The van der Waals surface area contributed by atoms with Crippen LogP contribution in [0.1, 0.15) is 34.0 Å². The zero-order valence-corrected chi connectivity index (χ0v) is 17.9. The lowest BCUT2D eigenvalue weighted by molar-refractivity contribution is -0.126. The highest BCUT2D eigenvalue weighted by molar-refractivity contribution is 5.93. The number of amides is 1. The fourth-order valence-electron chi connectivity index (χ4n) is 3.20. The van der Waals surface area contributed by atoms with Gasteiger partial charge in [-0.15, -0.1) is 0 Å². The Labute approximate surface area is 182 Å². The number of esters is 1. The molecular weight excluding hydrogens is 390 g/mol.